The van der Waals surface area contributed by atoms with Gasteiger partial charge in [-0.1, -0.05) is 37.3 Å². The topological polar surface area (TPSA) is 88.8 Å². The van der Waals surface area contributed by atoms with Crippen LogP contribution in [0.3, 0.4) is 0 Å². The maximum Gasteiger partial charge on any atom is 0.410 e. The molecule has 0 radical (unpaired) electrons. The van der Waals surface area contributed by atoms with Crippen molar-refractivity contribution in [2.75, 3.05) is 31.1 Å². The van der Waals surface area contributed by atoms with Gasteiger partial charge in [-0.05, 0) is 31.9 Å². The first kappa shape index (κ1) is 20.1. The van der Waals surface area contributed by atoms with Crippen molar-refractivity contribution in [1.82, 2.24) is 9.88 Å². The quantitative estimate of drug-likeness (QED) is 0.545. The Bertz CT molecular complexity index is 962. The van der Waals surface area contributed by atoms with Gasteiger partial charge in [0.1, 0.15) is 5.60 Å². The minimum absolute atomic E-state index is 0.0267. The Morgan fingerprint density at radius 3 is 2.47 bits per heavy atom. The lowest BCUT2D eigenvalue weighted by Gasteiger charge is -2.59. The number of carbonyl (C=O) groups is 1. The summed E-state index contributed by atoms with van der Waals surface area (Å²) in [5.74, 6) is 0.389. The molecule has 0 N–H and O–H groups in total. The van der Waals surface area contributed by atoms with Crippen molar-refractivity contribution in [3.05, 3.63) is 52.7 Å². The SMILES string of the molecule is CCC(C)(C)OC(=O)N1CC2(C1)CN(c1nccc(-c3ccccc3)c1[N+](=O)[O-])C2. The predicted molar refractivity (Wildman–Crippen MR) is 113 cm³/mol. The molecule has 1 aromatic heterocycles. The Balaban J connectivity index is 1.46. The van der Waals surface area contributed by atoms with Gasteiger partial charge < -0.3 is 14.5 Å². The molecule has 0 aliphatic carbocycles. The molecule has 2 aliphatic heterocycles. The van der Waals surface area contributed by atoms with Crippen molar-refractivity contribution in [2.24, 2.45) is 5.41 Å². The number of carbonyl (C=O) groups excluding carboxylic acids is 1. The zero-order valence-corrected chi connectivity index (χ0v) is 17.5. The molecule has 2 aliphatic rings. The number of nitrogens with zero attached hydrogens (tertiary/aromatic N) is 4. The fourth-order valence-electron chi connectivity index (χ4n) is 4.08. The number of anilines is 1. The number of hydrogen-bond donors (Lipinski definition) is 0. The van der Waals surface area contributed by atoms with Gasteiger partial charge in [-0.25, -0.2) is 9.78 Å². The molecular formula is C22H26N4O4. The van der Waals surface area contributed by atoms with Crippen molar-refractivity contribution < 1.29 is 14.5 Å². The average molecular weight is 410 g/mol. The zero-order chi connectivity index (χ0) is 21.5. The highest BCUT2D eigenvalue weighted by Gasteiger charge is 2.55. The summed E-state index contributed by atoms with van der Waals surface area (Å²) in [5, 5.41) is 11.9. The highest BCUT2D eigenvalue weighted by molar-refractivity contribution is 5.81. The van der Waals surface area contributed by atoms with Gasteiger partial charge in [0.05, 0.1) is 10.5 Å². The smallest absolute Gasteiger partial charge is 0.410 e. The second-order valence-corrected chi connectivity index (χ2v) is 8.85. The van der Waals surface area contributed by atoms with Crippen molar-refractivity contribution >= 4 is 17.6 Å². The summed E-state index contributed by atoms with van der Waals surface area (Å²) < 4.78 is 5.55. The van der Waals surface area contributed by atoms with Crippen LogP contribution in [-0.2, 0) is 4.74 Å². The van der Waals surface area contributed by atoms with E-state index in [0.29, 0.717) is 37.6 Å². The summed E-state index contributed by atoms with van der Waals surface area (Å²) in [5.41, 5.74) is 0.867. The highest BCUT2D eigenvalue weighted by atomic mass is 16.6. The van der Waals surface area contributed by atoms with Crippen LogP contribution in [-0.4, -0.2) is 52.7 Å². The van der Waals surface area contributed by atoms with E-state index in [2.05, 4.69) is 4.98 Å². The number of likely N-dealkylation sites (tertiary alicyclic amines) is 1. The molecule has 2 saturated heterocycles. The Morgan fingerprint density at radius 2 is 1.87 bits per heavy atom. The highest BCUT2D eigenvalue weighted by Crippen LogP contribution is 2.46. The number of nitro groups is 1. The van der Waals surface area contributed by atoms with Crippen LogP contribution in [0.5, 0.6) is 0 Å². The fourth-order valence-corrected chi connectivity index (χ4v) is 4.08. The molecule has 2 fully saturated rings. The minimum atomic E-state index is -0.478. The molecule has 30 heavy (non-hydrogen) atoms. The number of ether oxygens (including phenoxy) is 1. The first-order chi connectivity index (χ1) is 14.2. The van der Waals surface area contributed by atoms with Gasteiger partial charge in [-0.15, -0.1) is 0 Å². The van der Waals surface area contributed by atoms with E-state index in [1.54, 1.807) is 17.2 Å². The molecule has 1 spiro atoms. The third kappa shape index (κ3) is 3.58. The number of aromatic nitrogens is 1. The maximum absolute atomic E-state index is 12.3. The van der Waals surface area contributed by atoms with Crippen molar-refractivity contribution in [3.8, 4) is 11.1 Å². The molecule has 0 bridgehead atoms. The predicted octanol–water partition coefficient (Wildman–Crippen LogP) is 4.10. The molecule has 8 nitrogen and oxygen atoms in total. The van der Waals surface area contributed by atoms with Crippen LogP contribution < -0.4 is 4.90 Å². The monoisotopic (exact) mass is 410 g/mol. The summed E-state index contributed by atoms with van der Waals surface area (Å²) in [7, 11) is 0. The van der Waals surface area contributed by atoms with Crippen molar-refractivity contribution in [1.29, 1.82) is 0 Å². The maximum atomic E-state index is 12.3. The van der Waals surface area contributed by atoms with Crippen LogP contribution in [0.2, 0.25) is 0 Å². The number of amides is 1. The lowest BCUT2D eigenvalue weighted by molar-refractivity contribution is -0.383. The molecule has 158 valence electrons. The van der Waals surface area contributed by atoms with Crippen molar-refractivity contribution in [2.45, 2.75) is 32.8 Å². The Morgan fingerprint density at radius 1 is 1.20 bits per heavy atom. The van der Waals surface area contributed by atoms with Gasteiger partial charge in [-0.3, -0.25) is 10.1 Å². The van der Waals surface area contributed by atoms with Crippen LogP contribution in [0, 0.1) is 15.5 Å². The van der Waals surface area contributed by atoms with Crippen LogP contribution in [0.15, 0.2) is 42.6 Å². The molecule has 1 amide bonds. The van der Waals surface area contributed by atoms with Crippen LogP contribution >= 0.6 is 0 Å². The summed E-state index contributed by atoms with van der Waals surface area (Å²) in [6, 6.07) is 11.0. The Labute approximate surface area is 175 Å². The Hall–Kier alpha value is -3.16. The van der Waals surface area contributed by atoms with E-state index in [4.69, 9.17) is 4.74 Å². The second-order valence-electron chi connectivity index (χ2n) is 8.85. The fraction of sp³-hybridized carbons (Fsp3) is 0.455. The van der Waals surface area contributed by atoms with Gasteiger partial charge >= 0.3 is 11.8 Å². The molecule has 8 heteroatoms. The third-order valence-electron chi connectivity index (χ3n) is 6.05. The number of hydrogen-bond acceptors (Lipinski definition) is 6. The van der Waals surface area contributed by atoms with Gasteiger partial charge in [0.15, 0.2) is 0 Å². The van der Waals surface area contributed by atoms with Crippen LogP contribution in [0.4, 0.5) is 16.3 Å². The summed E-state index contributed by atoms with van der Waals surface area (Å²) in [6.45, 7) is 8.27. The third-order valence-corrected chi connectivity index (χ3v) is 6.05. The van der Waals surface area contributed by atoms with E-state index < -0.39 is 5.60 Å². The van der Waals surface area contributed by atoms with E-state index in [9.17, 15) is 14.9 Å². The summed E-state index contributed by atoms with van der Waals surface area (Å²) >= 11 is 0. The molecular weight excluding hydrogens is 384 g/mol. The summed E-state index contributed by atoms with van der Waals surface area (Å²) in [4.78, 5) is 31.8. The number of benzene rings is 1. The second kappa shape index (κ2) is 7.27. The van der Waals surface area contributed by atoms with E-state index in [0.717, 1.165) is 12.0 Å². The molecule has 0 saturated carbocycles. The van der Waals surface area contributed by atoms with Crippen LogP contribution in [0.1, 0.15) is 27.2 Å². The van der Waals surface area contributed by atoms with Crippen LogP contribution in [0.25, 0.3) is 11.1 Å². The largest absolute Gasteiger partial charge is 0.443 e. The molecule has 3 heterocycles. The molecule has 2 aromatic rings. The lowest BCUT2D eigenvalue weighted by atomic mass is 9.73. The first-order valence-electron chi connectivity index (χ1n) is 10.2. The first-order valence-corrected chi connectivity index (χ1v) is 10.2. The van der Waals surface area contributed by atoms with E-state index in [-0.39, 0.29) is 22.1 Å². The minimum Gasteiger partial charge on any atom is -0.443 e. The normalized spacial score (nSPS) is 17.3. The molecule has 4 rings (SSSR count). The van der Waals surface area contributed by atoms with E-state index in [1.165, 1.54) is 0 Å². The van der Waals surface area contributed by atoms with Gasteiger partial charge in [0.2, 0.25) is 5.82 Å². The number of pyridine rings is 1. The Kier molecular flexibility index (Phi) is 4.88. The van der Waals surface area contributed by atoms with E-state index in [1.807, 2.05) is 56.0 Å². The summed E-state index contributed by atoms with van der Waals surface area (Å²) in [6.07, 6.45) is 2.08. The standard InChI is InChI=1S/C22H26N4O4/c1-4-21(2,3)30-20(27)25-14-22(15-25)12-24(13-22)19-18(26(28)29)17(10-11-23-19)16-8-6-5-7-9-16/h5-11H,4,12-15H2,1-3H3. The van der Waals surface area contributed by atoms with E-state index >= 15 is 0 Å². The zero-order valence-electron chi connectivity index (χ0n) is 17.5. The molecule has 0 atom stereocenters. The molecule has 0 unspecified atom stereocenters. The van der Waals surface area contributed by atoms with Gasteiger partial charge in [0, 0.05) is 37.8 Å². The average Bonchev–Trinajstić information content (AvgIpc) is 2.65. The number of rotatable bonds is 5. The van der Waals surface area contributed by atoms with Gasteiger partial charge in [0.25, 0.3) is 0 Å². The van der Waals surface area contributed by atoms with Gasteiger partial charge in [-0.2, -0.15) is 0 Å². The molecule has 1 aromatic carbocycles. The van der Waals surface area contributed by atoms with Crippen molar-refractivity contribution in [3.63, 3.8) is 0 Å². The lowest BCUT2D eigenvalue weighted by Crippen LogP contribution is -2.73.